The summed E-state index contributed by atoms with van der Waals surface area (Å²) < 4.78 is 0. The van der Waals surface area contributed by atoms with Crippen molar-refractivity contribution in [2.24, 2.45) is 5.92 Å². The molecule has 1 fully saturated rings. The van der Waals surface area contributed by atoms with E-state index < -0.39 is 5.97 Å². The van der Waals surface area contributed by atoms with Crippen molar-refractivity contribution in [2.45, 2.75) is 39.2 Å². The molecule has 0 radical (unpaired) electrons. The normalized spacial score (nSPS) is 15.9. The molecule has 0 heterocycles. The van der Waals surface area contributed by atoms with Gasteiger partial charge in [0.05, 0.1) is 0 Å². The van der Waals surface area contributed by atoms with Crippen LogP contribution in [0.1, 0.15) is 33.1 Å². The van der Waals surface area contributed by atoms with E-state index in [1.165, 1.54) is 4.90 Å². The first-order valence-electron chi connectivity index (χ1n) is 6.87. The first-order valence-corrected chi connectivity index (χ1v) is 8.03. The molecule has 0 spiro atoms. The number of thioether (sulfide) groups is 1. The molecule has 2 N–H and O–H groups in total. The van der Waals surface area contributed by atoms with Gasteiger partial charge in [-0.15, -0.1) is 0 Å². The van der Waals surface area contributed by atoms with Gasteiger partial charge in [-0.3, -0.25) is 4.79 Å². The van der Waals surface area contributed by atoms with Gasteiger partial charge in [-0.2, -0.15) is 11.8 Å². The van der Waals surface area contributed by atoms with Crippen molar-refractivity contribution in [3.05, 3.63) is 0 Å². The van der Waals surface area contributed by atoms with Crippen LogP contribution in [0.15, 0.2) is 0 Å². The maximum absolute atomic E-state index is 12.0. The van der Waals surface area contributed by atoms with Crippen LogP contribution in [0.5, 0.6) is 0 Å². The number of urea groups is 1. The van der Waals surface area contributed by atoms with Crippen molar-refractivity contribution in [3.8, 4) is 0 Å². The number of carboxylic acid groups (broad SMARTS) is 1. The highest BCUT2D eigenvalue weighted by Crippen LogP contribution is 2.29. The third-order valence-corrected chi connectivity index (χ3v) is 3.99. The van der Waals surface area contributed by atoms with Gasteiger partial charge in [-0.25, -0.2) is 4.79 Å². The molecule has 1 atom stereocenters. The molecule has 5 nitrogen and oxygen atoms in total. The molecule has 0 aromatic heterocycles. The SMILES string of the molecule is CCSCCC(C)NC(=O)N(CC(=O)O)CC1CC1. The molecular formula is C13H24N2O3S. The van der Waals surface area contributed by atoms with E-state index in [4.69, 9.17) is 5.11 Å². The van der Waals surface area contributed by atoms with Crippen molar-refractivity contribution >= 4 is 23.8 Å². The van der Waals surface area contributed by atoms with E-state index in [9.17, 15) is 9.59 Å². The number of carbonyl (C=O) groups excluding carboxylic acids is 1. The van der Waals surface area contributed by atoms with Crippen molar-refractivity contribution < 1.29 is 14.7 Å². The fourth-order valence-corrected chi connectivity index (χ4v) is 2.58. The topological polar surface area (TPSA) is 69.6 Å². The van der Waals surface area contributed by atoms with Crippen LogP contribution in [0.25, 0.3) is 0 Å². The molecule has 0 aliphatic heterocycles. The smallest absolute Gasteiger partial charge is 0.323 e. The van der Waals surface area contributed by atoms with Crippen LogP contribution in [0, 0.1) is 5.92 Å². The van der Waals surface area contributed by atoms with Gasteiger partial charge < -0.3 is 15.3 Å². The molecule has 0 aromatic rings. The predicted octanol–water partition coefficient (Wildman–Crippen LogP) is 2.02. The van der Waals surface area contributed by atoms with Crippen molar-refractivity contribution in [1.82, 2.24) is 10.2 Å². The van der Waals surface area contributed by atoms with Crippen LogP contribution in [-0.4, -0.2) is 52.6 Å². The number of rotatable bonds is 9. The number of aliphatic carboxylic acids is 1. The predicted molar refractivity (Wildman–Crippen MR) is 77.5 cm³/mol. The highest BCUT2D eigenvalue weighted by atomic mass is 32.2. The number of carbonyl (C=O) groups is 2. The van der Waals surface area contributed by atoms with Gasteiger partial charge in [-0.05, 0) is 43.6 Å². The highest BCUT2D eigenvalue weighted by Gasteiger charge is 2.28. The first-order chi connectivity index (χ1) is 9.02. The highest BCUT2D eigenvalue weighted by molar-refractivity contribution is 7.99. The van der Waals surface area contributed by atoms with E-state index in [-0.39, 0.29) is 18.6 Å². The minimum absolute atomic E-state index is 0.0852. The molecule has 0 saturated heterocycles. The fraction of sp³-hybridized carbons (Fsp3) is 0.846. The number of amides is 2. The summed E-state index contributed by atoms with van der Waals surface area (Å²) in [6, 6.07) is -0.162. The number of hydrogen-bond acceptors (Lipinski definition) is 3. The second kappa shape index (κ2) is 8.30. The van der Waals surface area contributed by atoms with Crippen molar-refractivity contribution in [2.75, 3.05) is 24.6 Å². The monoisotopic (exact) mass is 288 g/mol. The summed E-state index contributed by atoms with van der Waals surface area (Å²) in [5.74, 6) is 1.63. The second-order valence-electron chi connectivity index (χ2n) is 5.05. The van der Waals surface area contributed by atoms with Gasteiger partial charge in [0.1, 0.15) is 6.54 Å². The van der Waals surface area contributed by atoms with Gasteiger partial charge in [0.25, 0.3) is 0 Å². The molecule has 1 rings (SSSR count). The summed E-state index contributed by atoms with van der Waals surface area (Å²) in [6.07, 6.45) is 3.12. The summed E-state index contributed by atoms with van der Waals surface area (Å²) >= 11 is 1.84. The molecule has 6 heteroatoms. The average Bonchev–Trinajstić information content (AvgIpc) is 3.11. The summed E-state index contributed by atoms with van der Waals surface area (Å²) in [5, 5.41) is 11.7. The van der Waals surface area contributed by atoms with Crippen LogP contribution < -0.4 is 5.32 Å². The van der Waals surface area contributed by atoms with Crippen molar-refractivity contribution in [3.63, 3.8) is 0 Å². The summed E-state index contributed by atoms with van der Waals surface area (Å²) in [6.45, 7) is 4.43. The lowest BCUT2D eigenvalue weighted by Crippen LogP contribution is -2.46. The summed E-state index contributed by atoms with van der Waals surface area (Å²) in [7, 11) is 0. The quantitative estimate of drug-likeness (QED) is 0.637. The Labute approximate surface area is 119 Å². The Morgan fingerprint density at radius 1 is 1.47 bits per heavy atom. The van der Waals surface area contributed by atoms with Gasteiger partial charge in [0.15, 0.2) is 0 Å². The zero-order chi connectivity index (χ0) is 14.3. The van der Waals surface area contributed by atoms with E-state index in [2.05, 4.69) is 12.2 Å². The number of nitrogens with one attached hydrogen (secondary N) is 1. The van der Waals surface area contributed by atoms with Gasteiger partial charge in [0.2, 0.25) is 0 Å². The minimum atomic E-state index is -0.954. The molecule has 0 aromatic carbocycles. The van der Waals surface area contributed by atoms with Crippen LogP contribution in [0.3, 0.4) is 0 Å². The van der Waals surface area contributed by atoms with Gasteiger partial charge in [-0.1, -0.05) is 6.92 Å². The van der Waals surface area contributed by atoms with E-state index in [1.807, 2.05) is 18.7 Å². The van der Waals surface area contributed by atoms with E-state index >= 15 is 0 Å². The van der Waals surface area contributed by atoms with E-state index in [0.717, 1.165) is 30.8 Å². The number of nitrogens with zero attached hydrogens (tertiary/aromatic N) is 1. The van der Waals surface area contributed by atoms with E-state index in [0.29, 0.717) is 12.5 Å². The Kier molecular flexibility index (Phi) is 7.05. The third kappa shape index (κ3) is 7.30. The zero-order valence-electron chi connectivity index (χ0n) is 11.7. The molecule has 19 heavy (non-hydrogen) atoms. The Bertz CT molecular complexity index is 308. The molecule has 1 aliphatic rings. The molecule has 1 saturated carbocycles. The Balaban J connectivity index is 2.34. The molecular weight excluding hydrogens is 264 g/mol. The van der Waals surface area contributed by atoms with Crippen LogP contribution >= 0.6 is 11.8 Å². The average molecular weight is 288 g/mol. The molecule has 1 unspecified atom stereocenters. The van der Waals surface area contributed by atoms with E-state index in [1.54, 1.807) is 0 Å². The lowest BCUT2D eigenvalue weighted by atomic mass is 10.2. The maximum atomic E-state index is 12.0. The second-order valence-corrected chi connectivity index (χ2v) is 6.45. The first kappa shape index (κ1) is 16.1. The number of carboxylic acids is 1. The standard InChI is InChI=1S/C13H24N2O3S/c1-3-19-7-6-10(2)14-13(18)15(9-12(16)17)8-11-4-5-11/h10-11H,3-9H2,1-2H3,(H,14,18)(H,16,17). The van der Waals surface area contributed by atoms with Crippen LogP contribution in [-0.2, 0) is 4.79 Å². The third-order valence-electron chi connectivity index (χ3n) is 3.06. The van der Waals surface area contributed by atoms with Crippen molar-refractivity contribution in [1.29, 1.82) is 0 Å². The lowest BCUT2D eigenvalue weighted by molar-refractivity contribution is -0.137. The molecule has 1 aliphatic carbocycles. The van der Waals surface area contributed by atoms with Gasteiger partial charge >= 0.3 is 12.0 Å². The zero-order valence-corrected chi connectivity index (χ0v) is 12.5. The molecule has 0 bridgehead atoms. The summed E-state index contributed by atoms with van der Waals surface area (Å²) in [5.41, 5.74) is 0. The lowest BCUT2D eigenvalue weighted by Gasteiger charge is -2.23. The number of hydrogen-bond donors (Lipinski definition) is 2. The largest absolute Gasteiger partial charge is 0.480 e. The fourth-order valence-electron chi connectivity index (χ4n) is 1.77. The Morgan fingerprint density at radius 3 is 2.68 bits per heavy atom. The summed E-state index contributed by atoms with van der Waals surface area (Å²) in [4.78, 5) is 24.2. The van der Waals surface area contributed by atoms with Crippen LogP contribution in [0.2, 0.25) is 0 Å². The molecule has 2 amide bonds. The molecule has 110 valence electrons. The van der Waals surface area contributed by atoms with Gasteiger partial charge in [0, 0.05) is 12.6 Å². The Hall–Kier alpha value is -0.910. The van der Waals surface area contributed by atoms with Crippen LogP contribution in [0.4, 0.5) is 4.79 Å². The maximum Gasteiger partial charge on any atom is 0.323 e. The Morgan fingerprint density at radius 2 is 2.16 bits per heavy atom. The minimum Gasteiger partial charge on any atom is -0.480 e.